The first-order valence-electron chi connectivity index (χ1n) is 9.43. The molecule has 2 aliphatic rings. The summed E-state index contributed by atoms with van der Waals surface area (Å²) >= 11 is 6.55. The molecule has 1 N–H and O–H groups in total. The molecule has 0 spiro atoms. The molecule has 0 bridgehead atoms. The lowest BCUT2D eigenvalue weighted by Gasteiger charge is -2.40. The van der Waals surface area contributed by atoms with Gasteiger partial charge in [0.1, 0.15) is 0 Å². The minimum Gasteiger partial charge on any atom is -0.381 e. The van der Waals surface area contributed by atoms with Crippen molar-refractivity contribution in [1.82, 2.24) is 10.2 Å². The third kappa shape index (κ3) is 4.29. The number of nitrogens with one attached hydrogen (secondary N) is 1. The Bertz CT molecular complexity index is 598. The average molecular weight is 364 g/mol. The Hall–Kier alpha value is -1.26. The van der Waals surface area contributed by atoms with Gasteiger partial charge in [0.15, 0.2) is 5.96 Å². The number of halogens is 1. The average Bonchev–Trinajstić information content (AvgIpc) is 2.63. The molecule has 0 aliphatic carbocycles. The van der Waals surface area contributed by atoms with E-state index in [-0.39, 0.29) is 5.41 Å². The first-order valence-corrected chi connectivity index (χ1v) is 9.81. The number of nitrogens with zero attached hydrogens (tertiary/aromatic N) is 2. The Morgan fingerprint density at radius 2 is 2.12 bits per heavy atom. The number of guanidine groups is 1. The molecule has 0 aromatic heterocycles. The van der Waals surface area contributed by atoms with Crippen LogP contribution in [0.1, 0.15) is 38.2 Å². The molecule has 2 fully saturated rings. The van der Waals surface area contributed by atoms with Crippen LogP contribution in [-0.4, -0.2) is 50.8 Å². The van der Waals surface area contributed by atoms with Crippen LogP contribution < -0.4 is 5.32 Å². The zero-order valence-electron chi connectivity index (χ0n) is 15.4. The van der Waals surface area contributed by atoms with Crippen molar-refractivity contribution in [2.24, 2.45) is 10.9 Å². The molecule has 1 aromatic carbocycles. The molecule has 3 rings (SSSR count). The Morgan fingerprint density at radius 3 is 2.80 bits per heavy atom. The van der Waals surface area contributed by atoms with Crippen molar-refractivity contribution in [3.63, 3.8) is 0 Å². The lowest BCUT2D eigenvalue weighted by atomic mass is 9.74. The summed E-state index contributed by atoms with van der Waals surface area (Å²) in [5, 5.41) is 4.51. The van der Waals surface area contributed by atoms with E-state index in [0.29, 0.717) is 0 Å². The summed E-state index contributed by atoms with van der Waals surface area (Å²) in [5.41, 5.74) is 1.24. The molecule has 25 heavy (non-hydrogen) atoms. The Kier molecular flexibility index (Phi) is 6.24. The number of hydrogen-bond donors (Lipinski definition) is 1. The summed E-state index contributed by atoms with van der Waals surface area (Å²) < 4.78 is 5.64. The van der Waals surface area contributed by atoms with Gasteiger partial charge in [-0.2, -0.15) is 0 Å². The number of benzene rings is 1. The first-order chi connectivity index (χ1) is 12.1. The van der Waals surface area contributed by atoms with Gasteiger partial charge in [0.05, 0.1) is 0 Å². The number of ether oxygens (including phenoxy) is 1. The smallest absolute Gasteiger partial charge is 0.193 e. The molecular formula is C20H30ClN3O. The first kappa shape index (κ1) is 18.5. The molecule has 2 heterocycles. The maximum absolute atomic E-state index is 6.55. The molecule has 138 valence electrons. The van der Waals surface area contributed by atoms with Crippen LogP contribution >= 0.6 is 11.6 Å². The van der Waals surface area contributed by atoms with Gasteiger partial charge in [0, 0.05) is 50.3 Å². The van der Waals surface area contributed by atoms with E-state index >= 15 is 0 Å². The van der Waals surface area contributed by atoms with Crippen LogP contribution in [0.2, 0.25) is 5.02 Å². The SMILES string of the molecule is CN=C(NCC1(c2ccccc2Cl)CCOCC1)N1CCCC(C)C1. The highest BCUT2D eigenvalue weighted by molar-refractivity contribution is 6.31. The van der Waals surface area contributed by atoms with Crippen LogP contribution in [-0.2, 0) is 10.2 Å². The van der Waals surface area contributed by atoms with E-state index in [4.69, 9.17) is 16.3 Å². The van der Waals surface area contributed by atoms with Crippen LogP contribution in [0.4, 0.5) is 0 Å². The highest BCUT2D eigenvalue weighted by Crippen LogP contribution is 2.38. The summed E-state index contributed by atoms with van der Waals surface area (Å²) in [6.45, 7) is 6.91. The van der Waals surface area contributed by atoms with E-state index in [1.807, 2.05) is 19.2 Å². The predicted molar refractivity (Wildman–Crippen MR) is 105 cm³/mol. The topological polar surface area (TPSA) is 36.9 Å². The molecule has 1 atom stereocenters. The van der Waals surface area contributed by atoms with Gasteiger partial charge in [-0.05, 0) is 43.2 Å². The van der Waals surface area contributed by atoms with Gasteiger partial charge in [-0.25, -0.2) is 0 Å². The number of piperidine rings is 1. The third-order valence-corrected chi connectivity index (χ3v) is 5.98. The molecule has 5 heteroatoms. The Labute approximate surface area is 156 Å². The second kappa shape index (κ2) is 8.41. The summed E-state index contributed by atoms with van der Waals surface area (Å²) in [6.07, 6.45) is 4.52. The lowest BCUT2D eigenvalue weighted by Crippen LogP contribution is -2.51. The van der Waals surface area contributed by atoms with Crippen molar-refractivity contribution in [3.8, 4) is 0 Å². The summed E-state index contributed by atoms with van der Waals surface area (Å²) in [7, 11) is 1.88. The second-order valence-corrected chi connectivity index (χ2v) is 7.87. The zero-order valence-corrected chi connectivity index (χ0v) is 16.2. The predicted octanol–water partition coefficient (Wildman–Crippen LogP) is 3.70. The van der Waals surface area contributed by atoms with Gasteiger partial charge < -0.3 is 15.0 Å². The van der Waals surface area contributed by atoms with Gasteiger partial charge in [-0.15, -0.1) is 0 Å². The van der Waals surface area contributed by atoms with Crippen LogP contribution in [0.3, 0.4) is 0 Å². The van der Waals surface area contributed by atoms with Crippen molar-refractivity contribution in [3.05, 3.63) is 34.9 Å². The Balaban J connectivity index is 1.76. The molecule has 1 aromatic rings. The van der Waals surface area contributed by atoms with Gasteiger partial charge in [-0.1, -0.05) is 36.7 Å². The lowest BCUT2D eigenvalue weighted by molar-refractivity contribution is 0.0511. The van der Waals surface area contributed by atoms with Crippen LogP contribution in [0.5, 0.6) is 0 Å². The van der Waals surface area contributed by atoms with Gasteiger partial charge in [0.2, 0.25) is 0 Å². The maximum atomic E-state index is 6.55. The van der Waals surface area contributed by atoms with E-state index in [1.165, 1.54) is 18.4 Å². The molecule has 2 saturated heterocycles. The fourth-order valence-electron chi connectivity index (χ4n) is 4.16. The molecule has 4 nitrogen and oxygen atoms in total. The third-order valence-electron chi connectivity index (χ3n) is 5.65. The molecule has 1 unspecified atom stereocenters. The summed E-state index contributed by atoms with van der Waals surface area (Å²) in [4.78, 5) is 6.94. The van der Waals surface area contributed by atoms with Crippen molar-refractivity contribution >= 4 is 17.6 Å². The summed E-state index contributed by atoms with van der Waals surface area (Å²) in [6, 6.07) is 8.25. The highest BCUT2D eigenvalue weighted by Gasteiger charge is 2.36. The van der Waals surface area contributed by atoms with Crippen molar-refractivity contribution < 1.29 is 4.74 Å². The monoisotopic (exact) mass is 363 g/mol. The van der Waals surface area contributed by atoms with Crippen molar-refractivity contribution in [2.45, 2.75) is 38.0 Å². The van der Waals surface area contributed by atoms with E-state index in [9.17, 15) is 0 Å². The van der Waals surface area contributed by atoms with Crippen molar-refractivity contribution in [2.75, 3.05) is 39.9 Å². The van der Waals surface area contributed by atoms with E-state index in [1.54, 1.807) is 0 Å². The van der Waals surface area contributed by atoms with E-state index < -0.39 is 0 Å². The molecule has 2 aliphatic heterocycles. The summed E-state index contributed by atoms with van der Waals surface area (Å²) in [5.74, 6) is 1.75. The van der Waals surface area contributed by atoms with Gasteiger partial charge in [-0.3, -0.25) is 4.99 Å². The van der Waals surface area contributed by atoms with E-state index in [2.05, 4.69) is 34.3 Å². The van der Waals surface area contributed by atoms with Crippen molar-refractivity contribution in [1.29, 1.82) is 0 Å². The highest BCUT2D eigenvalue weighted by atomic mass is 35.5. The number of hydrogen-bond acceptors (Lipinski definition) is 2. The Morgan fingerprint density at radius 1 is 1.36 bits per heavy atom. The van der Waals surface area contributed by atoms with Crippen LogP contribution in [0, 0.1) is 5.92 Å². The number of likely N-dealkylation sites (tertiary alicyclic amines) is 1. The molecule has 0 saturated carbocycles. The normalized spacial score (nSPS) is 24.2. The number of rotatable bonds is 3. The largest absolute Gasteiger partial charge is 0.381 e. The minimum atomic E-state index is 0.00787. The number of aliphatic imine (C=N–C) groups is 1. The maximum Gasteiger partial charge on any atom is 0.193 e. The molecule has 0 amide bonds. The zero-order chi connectivity index (χ0) is 17.7. The van der Waals surface area contributed by atoms with Gasteiger partial charge in [0.25, 0.3) is 0 Å². The standard InChI is InChI=1S/C20H30ClN3O/c1-16-6-5-11-24(14-16)19(22-2)23-15-20(9-12-25-13-10-20)17-7-3-4-8-18(17)21/h3-4,7-8,16H,5-6,9-15H2,1-2H3,(H,22,23). The van der Waals surface area contributed by atoms with Gasteiger partial charge >= 0.3 is 0 Å². The fraction of sp³-hybridized carbons (Fsp3) is 0.650. The van der Waals surface area contributed by atoms with Crippen LogP contribution in [0.25, 0.3) is 0 Å². The quantitative estimate of drug-likeness (QED) is 0.657. The molecular weight excluding hydrogens is 334 g/mol. The second-order valence-electron chi connectivity index (χ2n) is 7.47. The van der Waals surface area contributed by atoms with Crippen LogP contribution in [0.15, 0.2) is 29.3 Å². The fourth-order valence-corrected chi connectivity index (χ4v) is 4.49. The van der Waals surface area contributed by atoms with E-state index in [0.717, 1.165) is 62.6 Å². The minimum absolute atomic E-state index is 0.00787. The molecule has 0 radical (unpaired) electrons.